The van der Waals surface area contributed by atoms with Crippen LogP contribution in [0, 0.1) is 18.8 Å². The molecule has 1 saturated heterocycles. The van der Waals surface area contributed by atoms with Crippen LogP contribution in [0.3, 0.4) is 0 Å². The largest absolute Gasteiger partial charge is 0.489 e. The highest BCUT2D eigenvalue weighted by Crippen LogP contribution is 2.60. The van der Waals surface area contributed by atoms with E-state index in [9.17, 15) is 9.59 Å². The monoisotopic (exact) mass is 498 g/mol. The van der Waals surface area contributed by atoms with Crippen LogP contribution >= 0.6 is 0 Å². The van der Waals surface area contributed by atoms with Gasteiger partial charge in [-0.15, -0.1) is 0 Å². The maximum Gasteiger partial charge on any atom is 0.254 e. The number of hydrogen-bond donors (Lipinski definition) is 0. The van der Waals surface area contributed by atoms with Crippen molar-refractivity contribution in [1.29, 1.82) is 0 Å². The summed E-state index contributed by atoms with van der Waals surface area (Å²) in [6, 6.07) is 32.2. The minimum atomic E-state index is -0.424. The maximum atomic E-state index is 13.6. The highest BCUT2D eigenvalue weighted by atomic mass is 16.5. The van der Waals surface area contributed by atoms with Gasteiger partial charge in [0.05, 0.1) is 18.1 Å². The van der Waals surface area contributed by atoms with Crippen molar-refractivity contribution in [3.05, 3.63) is 136 Å². The Balaban J connectivity index is 1.12. The first-order valence-electron chi connectivity index (χ1n) is 13.0. The minimum Gasteiger partial charge on any atom is -0.489 e. The van der Waals surface area contributed by atoms with Crippen LogP contribution in [0.1, 0.15) is 50.8 Å². The second-order valence-electron chi connectivity index (χ2n) is 10.3. The lowest BCUT2D eigenvalue weighted by molar-refractivity contribution is -0.139. The average molecular weight is 499 g/mol. The van der Waals surface area contributed by atoms with Gasteiger partial charge in [0, 0.05) is 11.8 Å². The summed E-state index contributed by atoms with van der Waals surface area (Å²) in [5, 5.41) is 5.51. The van der Waals surface area contributed by atoms with E-state index in [1.165, 1.54) is 5.56 Å². The number of aryl methyl sites for hydroxylation is 1. The van der Waals surface area contributed by atoms with Gasteiger partial charge >= 0.3 is 0 Å². The lowest BCUT2D eigenvalue weighted by Gasteiger charge is -2.45. The molecule has 1 fully saturated rings. The first-order chi connectivity index (χ1) is 18.6. The molecule has 2 atom stereocenters. The number of imide groups is 1. The Morgan fingerprint density at radius 3 is 1.71 bits per heavy atom. The Morgan fingerprint density at radius 1 is 0.711 bits per heavy atom. The van der Waals surface area contributed by atoms with Gasteiger partial charge in [-0.3, -0.25) is 9.59 Å². The predicted octanol–water partition coefficient (Wildman–Crippen LogP) is 5.80. The number of nitrogens with zero attached hydrogens (tertiary/aromatic N) is 2. The number of rotatable bonds is 5. The van der Waals surface area contributed by atoms with E-state index >= 15 is 0 Å². The van der Waals surface area contributed by atoms with Crippen molar-refractivity contribution in [2.45, 2.75) is 25.4 Å². The van der Waals surface area contributed by atoms with Crippen LogP contribution in [-0.4, -0.2) is 23.0 Å². The fourth-order valence-corrected chi connectivity index (χ4v) is 6.40. The molecule has 4 aromatic carbocycles. The molecule has 0 aromatic heterocycles. The summed E-state index contributed by atoms with van der Waals surface area (Å²) in [6.45, 7) is 2.55. The number of benzene rings is 4. The van der Waals surface area contributed by atoms with Crippen molar-refractivity contribution >= 4 is 18.0 Å². The van der Waals surface area contributed by atoms with Crippen molar-refractivity contribution in [2.75, 3.05) is 0 Å². The summed E-state index contributed by atoms with van der Waals surface area (Å²) in [4.78, 5) is 27.3. The van der Waals surface area contributed by atoms with Crippen LogP contribution in [0.2, 0.25) is 0 Å². The van der Waals surface area contributed by atoms with E-state index in [-0.39, 0.29) is 23.7 Å². The summed E-state index contributed by atoms with van der Waals surface area (Å²) >= 11 is 0. The molecular weight excluding hydrogens is 472 g/mol. The minimum absolute atomic E-state index is 0.126. The van der Waals surface area contributed by atoms with E-state index in [0.717, 1.165) is 44.1 Å². The van der Waals surface area contributed by atoms with Crippen LogP contribution in [0.5, 0.6) is 5.75 Å². The summed E-state index contributed by atoms with van der Waals surface area (Å²) < 4.78 is 5.89. The third kappa shape index (κ3) is 3.50. The van der Waals surface area contributed by atoms with Crippen molar-refractivity contribution in [1.82, 2.24) is 5.01 Å². The Hall–Kier alpha value is -4.51. The average Bonchev–Trinajstić information content (AvgIpc) is 3.21. The van der Waals surface area contributed by atoms with Crippen LogP contribution in [0.4, 0.5) is 0 Å². The van der Waals surface area contributed by atoms with Crippen LogP contribution < -0.4 is 4.74 Å². The smallest absolute Gasteiger partial charge is 0.254 e. The van der Waals surface area contributed by atoms with E-state index in [0.29, 0.717) is 6.61 Å². The van der Waals surface area contributed by atoms with Crippen molar-refractivity contribution in [2.24, 2.45) is 16.9 Å². The summed E-state index contributed by atoms with van der Waals surface area (Å²) in [7, 11) is 0. The molecule has 4 aromatic rings. The van der Waals surface area contributed by atoms with Crippen LogP contribution in [0.25, 0.3) is 0 Å². The third-order valence-corrected chi connectivity index (χ3v) is 8.15. The van der Waals surface area contributed by atoms with Crippen molar-refractivity contribution in [3.8, 4) is 5.75 Å². The number of ether oxygens (including phenoxy) is 1. The number of carbonyl (C=O) groups excluding carboxylic acids is 2. The van der Waals surface area contributed by atoms with E-state index < -0.39 is 11.8 Å². The highest BCUT2D eigenvalue weighted by Gasteiger charge is 2.61. The second-order valence-corrected chi connectivity index (χ2v) is 10.3. The molecule has 0 N–H and O–H groups in total. The van der Waals surface area contributed by atoms with Gasteiger partial charge in [-0.2, -0.15) is 10.1 Å². The van der Waals surface area contributed by atoms with Gasteiger partial charge in [0.15, 0.2) is 0 Å². The van der Waals surface area contributed by atoms with Gasteiger partial charge in [-0.25, -0.2) is 0 Å². The van der Waals surface area contributed by atoms with E-state index in [4.69, 9.17) is 4.74 Å². The molecule has 0 radical (unpaired) electrons. The first kappa shape index (κ1) is 22.7. The van der Waals surface area contributed by atoms with Gasteiger partial charge < -0.3 is 4.74 Å². The molecule has 4 aliphatic rings. The molecular formula is C33H26N2O3. The molecule has 8 rings (SSSR count). The standard InChI is InChI=1S/C33H26N2O3/c1-20-10-12-22(13-11-20)19-38-23-16-14-21(15-17-23)18-34-35-32(36)30-28-24-6-2-3-7-25(24)29(31(30)33(35)37)27-9-5-4-8-26(27)28/h2-18,28-31H,19H2,1H3/b34-18-/t28?,29?,30-,31-/m1/s1. The fourth-order valence-electron chi connectivity index (χ4n) is 6.40. The lowest BCUT2D eigenvalue weighted by atomic mass is 9.55. The molecule has 3 aliphatic carbocycles. The molecule has 0 unspecified atom stereocenters. The molecule has 0 saturated carbocycles. The van der Waals surface area contributed by atoms with E-state index in [1.807, 2.05) is 48.5 Å². The van der Waals surface area contributed by atoms with Gasteiger partial charge in [0.25, 0.3) is 11.8 Å². The Labute approximate surface area is 221 Å². The SMILES string of the molecule is Cc1ccc(COc2ccc(/C=N\N3C(=O)[C@@H]4C5c6ccccc6C(c6ccccc65)[C@H]4C3=O)cc2)cc1. The molecule has 38 heavy (non-hydrogen) atoms. The zero-order valence-corrected chi connectivity index (χ0v) is 21.0. The number of hydrazone groups is 1. The fraction of sp³-hybridized carbons (Fsp3) is 0.182. The quantitative estimate of drug-likeness (QED) is 0.258. The van der Waals surface area contributed by atoms with Crippen molar-refractivity contribution in [3.63, 3.8) is 0 Å². The number of hydrogen-bond acceptors (Lipinski definition) is 4. The zero-order chi connectivity index (χ0) is 25.8. The normalized spacial score (nSPS) is 22.9. The zero-order valence-electron chi connectivity index (χ0n) is 21.0. The Bertz CT molecular complexity index is 1470. The van der Waals surface area contributed by atoms with Crippen molar-refractivity contribution < 1.29 is 14.3 Å². The molecule has 0 spiro atoms. The third-order valence-electron chi connectivity index (χ3n) is 8.15. The molecule has 1 aliphatic heterocycles. The summed E-state index contributed by atoms with van der Waals surface area (Å²) in [5.41, 5.74) is 7.74. The van der Waals surface area contributed by atoms with Gasteiger partial charge in [0.2, 0.25) is 0 Å². The lowest BCUT2D eigenvalue weighted by Crippen LogP contribution is -2.41. The topological polar surface area (TPSA) is 59.0 Å². The first-order valence-corrected chi connectivity index (χ1v) is 13.0. The predicted molar refractivity (Wildman–Crippen MR) is 145 cm³/mol. The second kappa shape index (κ2) is 8.80. The number of amides is 2. The molecule has 5 heteroatoms. The Kier molecular flexibility index (Phi) is 5.25. The van der Waals surface area contributed by atoms with Gasteiger partial charge in [-0.1, -0.05) is 78.4 Å². The van der Waals surface area contributed by atoms with Gasteiger partial charge in [-0.05, 0) is 64.6 Å². The summed E-state index contributed by atoms with van der Waals surface area (Å²) in [5.74, 6) is -0.784. The number of carbonyl (C=O) groups is 2. The van der Waals surface area contributed by atoms with E-state index in [1.54, 1.807) is 6.21 Å². The van der Waals surface area contributed by atoms with Crippen LogP contribution in [0.15, 0.2) is 102 Å². The Morgan fingerprint density at radius 2 is 1.21 bits per heavy atom. The maximum absolute atomic E-state index is 13.6. The molecule has 186 valence electrons. The van der Waals surface area contributed by atoms with E-state index in [2.05, 4.69) is 60.6 Å². The highest BCUT2D eigenvalue weighted by molar-refractivity contribution is 6.08. The molecule has 2 amide bonds. The van der Waals surface area contributed by atoms with Gasteiger partial charge in [0.1, 0.15) is 12.4 Å². The van der Waals surface area contributed by atoms with Crippen LogP contribution in [-0.2, 0) is 16.2 Å². The summed E-state index contributed by atoms with van der Waals surface area (Å²) in [6.07, 6.45) is 1.58. The molecule has 5 nitrogen and oxygen atoms in total. The molecule has 1 heterocycles. The molecule has 2 bridgehead atoms.